The first-order chi connectivity index (χ1) is 9.08. The van der Waals surface area contributed by atoms with E-state index in [1.807, 2.05) is 24.3 Å². The summed E-state index contributed by atoms with van der Waals surface area (Å²) in [6.45, 7) is 0. The Morgan fingerprint density at radius 2 is 1.79 bits per heavy atom. The van der Waals surface area contributed by atoms with Gasteiger partial charge in [0.2, 0.25) is 0 Å². The van der Waals surface area contributed by atoms with Crippen LogP contribution in [0, 0.1) is 0 Å². The summed E-state index contributed by atoms with van der Waals surface area (Å²) in [5.41, 5.74) is 0.956. The van der Waals surface area contributed by atoms with Gasteiger partial charge < -0.3 is 9.47 Å². The zero-order valence-electron chi connectivity index (χ0n) is 10.2. The number of methoxy groups -OCH3 is 2. The van der Waals surface area contributed by atoms with Crippen molar-refractivity contribution in [1.82, 2.24) is 0 Å². The first kappa shape index (κ1) is 15.2. The van der Waals surface area contributed by atoms with Crippen molar-refractivity contribution in [2.75, 3.05) is 14.2 Å². The van der Waals surface area contributed by atoms with Gasteiger partial charge in [0.1, 0.15) is 15.8 Å². The fourth-order valence-electron chi connectivity index (χ4n) is 1.76. The largest absolute Gasteiger partial charge is 0.496 e. The Morgan fingerprint density at radius 1 is 1.21 bits per heavy atom. The van der Waals surface area contributed by atoms with Crippen LogP contribution >= 0.6 is 54.8 Å². The fraction of sp³-hybridized carbons (Fsp3) is 0.231. The van der Waals surface area contributed by atoms with Gasteiger partial charge in [0, 0.05) is 9.35 Å². The molecule has 0 N–H and O–H groups in total. The molecule has 0 fully saturated rings. The Morgan fingerprint density at radius 3 is 2.21 bits per heavy atom. The van der Waals surface area contributed by atoms with Crippen LogP contribution in [-0.2, 0) is 0 Å². The molecule has 1 aromatic heterocycles. The minimum atomic E-state index is -0.0348. The summed E-state index contributed by atoms with van der Waals surface area (Å²) < 4.78 is 12.5. The van der Waals surface area contributed by atoms with Crippen molar-refractivity contribution < 1.29 is 9.47 Å². The first-order valence-electron chi connectivity index (χ1n) is 5.38. The van der Waals surface area contributed by atoms with E-state index < -0.39 is 0 Å². The van der Waals surface area contributed by atoms with Crippen LogP contribution in [0.4, 0.5) is 0 Å². The van der Waals surface area contributed by atoms with Gasteiger partial charge in [-0.3, -0.25) is 0 Å². The molecule has 0 aliphatic heterocycles. The molecule has 0 saturated heterocycles. The Hall–Kier alpha value is -0.230. The van der Waals surface area contributed by atoms with Crippen LogP contribution in [0.2, 0.25) is 4.34 Å². The van der Waals surface area contributed by atoms with Crippen LogP contribution in [0.1, 0.15) is 15.3 Å². The van der Waals surface area contributed by atoms with E-state index in [1.54, 1.807) is 14.2 Å². The lowest BCUT2D eigenvalue weighted by Gasteiger charge is -2.16. The Labute approximate surface area is 137 Å². The highest BCUT2D eigenvalue weighted by molar-refractivity contribution is 9.10. The van der Waals surface area contributed by atoms with E-state index >= 15 is 0 Å². The number of halogens is 3. The van der Waals surface area contributed by atoms with Gasteiger partial charge >= 0.3 is 0 Å². The quantitative estimate of drug-likeness (QED) is 0.587. The summed E-state index contributed by atoms with van der Waals surface area (Å²) in [5.74, 6) is 1.56. The lowest BCUT2D eigenvalue weighted by atomic mass is 10.1. The number of benzene rings is 1. The number of alkyl halides is 1. The molecule has 0 bridgehead atoms. The molecular weight excluding hydrogens is 415 g/mol. The summed E-state index contributed by atoms with van der Waals surface area (Å²) >= 11 is 14.7. The molecule has 0 aliphatic carbocycles. The van der Waals surface area contributed by atoms with E-state index in [0.717, 1.165) is 30.7 Å². The Bertz CT molecular complexity index is 544. The molecule has 19 heavy (non-hydrogen) atoms. The van der Waals surface area contributed by atoms with Crippen LogP contribution in [0.5, 0.6) is 11.5 Å². The maximum atomic E-state index is 6.10. The van der Waals surface area contributed by atoms with Crippen LogP contribution in [0.25, 0.3) is 0 Å². The minimum absolute atomic E-state index is 0.0348. The maximum Gasteiger partial charge on any atom is 0.127 e. The van der Waals surface area contributed by atoms with Crippen molar-refractivity contribution in [1.29, 1.82) is 0 Å². The lowest BCUT2D eigenvalue weighted by Crippen LogP contribution is -1.99. The van der Waals surface area contributed by atoms with Gasteiger partial charge in [0.25, 0.3) is 0 Å². The van der Waals surface area contributed by atoms with Crippen molar-refractivity contribution in [3.8, 4) is 11.5 Å². The molecule has 102 valence electrons. The van der Waals surface area contributed by atoms with Crippen molar-refractivity contribution in [3.63, 3.8) is 0 Å². The molecule has 0 spiro atoms. The molecule has 1 atom stereocenters. The average molecular weight is 427 g/mol. The van der Waals surface area contributed by atoms with Gasteiger partial charge in [0.05, 0.1) is 24.6 Å². The molecule has 0 amide bonds. The molecule has 0 radical (unpaired) electrons. The second-order valence-corrected chi connectivity index (χ2v) is 7.17. The van der Waals surface area contributed by atoms with Gasteiger partial charge in [-0.05, 0) is 34.1 Å². The van der Waals surface area contributed by atoms with Gasteiger partial charge in [-0.15, -0.1) is 11.3 Å². The molecule has 1 heterocycles. The van der Waals surface area contributed by atoms with Crippen molar-refractivity contribution >= 4 is 54.8 Å². The van der Waals surface area contributed by atoms with Gasteiger partial charge in [-0.25, -0.2) is 0 Å². The number of rotatable bonds is 4. The molecule has 1 aromatic carbocycles. The van der Waals surface area contributed by atoms with Crippen LogP contribution < -0.4 is 9.47 Å². The Balaban J connectivity index is 2.50. The second kappa shape index (κ2) is 6.48. The normalized spacial score (nSPS) is 12.3. The van der Waals surface area contributed by atoms with Crippen LogP contribution in [0.15, 0.2) is 28.7 Å². The highest BCUT2D eigenvalue weighted by Gasteiger charge is 2.22. The van der Waals surface area contributed by atoms with E-state index in [2.05, 4.69) is 31.9 Å². The van der Waals surface area contributed by atoms with E-state index in [9.17, 15) is 0 Å². The van der Waals surface area contributed by atoms with Gasteiger partial charge in [-0.1, -0.05) is 33.6 Å². The predicted octanol–water partition coefficient (Wildman–Crippen LogP) is 5.67. The number of thiophene rings is 1. The highest BCUT2D eigenvalue weighted by Crippen LogP contribution is 2.46. The van der Waals surface area contributed by atoms with Crippen molar-refractivity contribution in [2.24, 2.45) is 0 Å². The maximum absolute atomic E-state index is 6.10. The molecule has 2 rings (SSSR count). The molecule has 1 unspecified atom stereocenters. The molecule has 0 saturated carbocycles. The monoisotopic (exact) mass is 424 g/mol. The summed E-state index contributed by atoms with van der Waals surface area (Å²) in [6.07, 6.45) is 0. The first-order valence-corrected chi connectivity index (χ1v) is 8.28. The van der Waals surface area contributed by atoms with Crippen LogP contribution in [-0.4, -0.2) is 14.2 Å². The van der Waals surface area contributed by atoms with Crippen LogP contribution in [0.3, 0.4) is 0 Å². The summed E-state index contributed by atoms with van der Waals surface area (Å²) in [5, 5.41) is 0. The standard InChI is InChI=1S/C13H11Br2ClO2S/c1-17-8-4-3-5-9(18-2)11(8)12(15)10-6-7(14)13(16)19-10/h3-6,12H,1-2H3. The van der Waals surface area contributed by atoms with E-state index in [1.165, 1.54) is 11.3 Å². The zero-order valence-corrected chi connectivity index (χ0v) is 15.0. The van der Waals surface area contributed by atoms with E-state index in [0.29, 0.717) is 0 Å². The third-order valence-electron chi connectivity index (χ3n) is 2.63. The summed E-state index contributed by atoms with van der Waals surface area (Å²) in [7, 11) is 3.30. The topological polar surface area (TPSA) is 18.5 Å². The molecule has 2 aromatic rings. The average Bonchev–Trinajstić information content (AvgIpc) is 2.76. The second-order valence-electron chi connectivity index (χ2n) is 3.71. The van der Waals surface area contributed by atoms with Crippen molar-refractivity contribution in [2.45, 2.75) is 4.83 Å². The molecule has 0 aliphatic rings. The smallest absolute Gasteiger partial charge is 0.127 e. The van der Waals surface area contributed by atoms with Gasteiger partial charge in [-0.2, -0.15) is 0 Å². The summed E-state index contributed by atoms with van der Waals surface area (Å²) in [4.78, 5) is 1.05. The third-order valence-corrected chi connectivity index (χ3v) is 6.43. The van der Waals surface area contributed by atoms with E-state index in [4.69, 9.17) is 21.1 Å². The minimum Gasteiger partial charge on any atom is -0.496 e. The number of hydrogen-bond acceptors (Lipinski definition) is 3. The van der Waals surface area contributed by atoms with Gasteiger partial charge in [0.15, 0.2) is 0 Å². The number of ether oxygens (including phenoxy) is 2. The van der Waals surface area contributed by atoms with Crippen molar-refractivity contribution in [3.05, 3.63) is 43.5 Å². The highest BCUT2D eigenvalue weighted by atomic mass is 79.9. The number of hydrogen-bond donors (Lipinski definition) is 0. The third kappa shape index (κ3) is 3.10. The molecule has 6 heteroatoms. The SMILES string of the molecule is COc1cccc(OC)c1C(Br)c1cc(Br)c(Cl)s1. The predicted molar refractivity (Wildman–Crippen MR) is 87.3 cm³/mol. The Kier molecular flexibility index (Phi) is 5.17. The molecule has 2 nitrogen and oxygen atoms in total. The molecular formula is C13H11Br2ClO2S. The zero-order chi connectivity index (χ0) is 14.0. The lowest BCUT2D eigenvalue weighted by molar-refractivity contribution is 0.387. The van der Waals surface area contributed by atoms with E-state index in [-0.39, 0.29) is 4.83 Å². The fourth-order valence-corrected chi connectivity index (χ4v) is 4.35. The summed E-state index contributed by atoms with van der Waals surface area (Å²) in [6, 6.07) is 7.73.